The molecule has 8 nitrogen and oxygen atoms in total. The van der Waals surface area contributed by atoms with Crippen LogP contribution < -0.4 is 10.6 Å². The van der Waals surface area contributed by atoms with E-state index < -0.39 is 5.97 Å². The number of methoxy groups -OCH3 is 1. The fourth-order valence-electron chi connectivity index (χ4n) is 4.22. The van der Waals surface area contributed by atoms with Crippen LogP contribution in [0, 0.1) is 6.92 Å². The Labute approximate surface area is 237 Å². The molecule has 2 aromatic carbocycles. The monoisotopic (exact) mass is 561 g/mol. The highest BCUT2D eigenvalue weighted by molar-refractivity contribution is 7.80. The Morgan fingerprint density at radius 1 is 1.05 bits per heavy atom. The summed E-state index contributed by atoms with van der Waals surface area (Å²) in [6.07, 6.45) is 1.98. The molecule has 0 aliphatic carbocycles. The Bertz CT molecular complexity index is 1460. The van der Waals surface area contributed by atoms with Gasteiger partial charge in [0.2, 0.25) is 0 Å². The lowest BCUT2D eigenvalue weighted by Crippen LogP contribution is -2.30. The number of hydrogen-bond donors (Lipinski definition) is 2. The van der Waals surface area contributed by atoms with Gasteiger partial charge in [0.1, 0.15) is 5.00 Å². The van der Waals surface area contributed by atoms with E-state index in [1.165, 1.54) is 18.4 Å². The maximum absolute atomic E-state index is 13.1. The van der Waals surface area contributed by atoms with Crippen molar-refractivity contribution in [3.05, 3.63) is 88.4 Å². The molecule has 4 aromatic rings. The number of carbonyl (C=O) groups is 2. The third-order valence-electron chi connectivity index (χ3n) is 6.31. The molecule has 0 aliphatic rings. The summed E-state index contributed by atoms with van der Waals surface area (Å²) < 4.78 is 6.86. The van der Waals surface area contributed by atoms with E-state index in [0.717, 1.165) is 22.5 Å². The molecule has 39 heavy (non-hydrogen) atoms. The zero-order valence-corrected chi connectivity index (χ0v) is 24.0. The lowest BCUT2D eigenvalue weighted by molar-refractivity contribution is 0.0601. The number of nitrogens with one attached hydrogen (secondary N) is 2. The maximum atomic E-state index is 13.1. The largest absolute Gasteiger partial charge is 0.465 e. The molecule has 4 rings (SSSR count). The van der Waals surface area contributed by atoms with Crippen molar-refractivity contribution in [1.82, 2.24) is 20.0 Å². The Hall–Kier alpha value is -4.02. The van der Waals surface area contributed by atoms with Crippen LogP contribution >= 0.6 is 23.6 Å². The highest BCUT2D eigenvalue weighted by atomic mass is 32.1. The van der Waals surface area contributed by atoms with Crippen LogP contribution in [0.3, 0.4) is 0 Å². The molecule has 0 atom stereocenters. The summed E-state index contributed by atoms with van der Waals surface area (Å²) in [4.78, 5) is 27.9. The minimum absolute atomic E-state index is 0.125. The van der Waals surface area contributed by atoms with Gasteiger partial charge in [-0.1, -0.05) is 48.5 Å². The van der Waals surface area contributed by atoms with Crippen LogP contribution in [0.1, 0.15) is 45.0 Å². The van der Waals surface area contributed by atoms with Gasteiger partial charge in [-0.05, 0) is 50.7 Å². The van der Waals surface area contributed by atoms with Crippen LogP contribution in [0.4, 0.5) is 5.00 Å². The minimum Gasteiger partial charge on any atom is -0.465 e. The molecule has 0 bridgehead atoms. The van der Waals surface area contributed by atoms with Crippen LogP contribution in [0.2, 0.25) is 0 Å². The van der Waals surface area contributed by atoms with E-state index in [9.17, 15) is 9.59 Å². The summed E-state index contributed by atoms with van der Waals surface area (Å²) in [5, 5.41) is 12.0. The quantitative estimate of drug-likeness (QED) is 0.201. The normalized spacial score (nSPS) is 10.7. The van der Waals surface area contributed by atoms with Crippen LogP contribution in [0.15, 0.2) is 66.9 Å². The molecule has 10 heteroatoms. The summed E-state index contributed by atoms with van der Waals surface area (Å²) in [6, 6.07) is 19.9. The maximum Gasteiger partial charge on any atom is 0.341 e. The molecule has 2 aromatic heterocycles. The number of esters is 1. The average molecular weight is 562 g/mol. The van der Waals surface area contributed by atoms with Crippen molar-refractivity contribution in [3.63, 3.8) is 0 Å². The SMILES string of the molecule is CCN(CC)C(=O)c1sc(NC(=S)NCc2cn(-c3ccccc3)nc2-c2ccccc2)c(C(=O)OC)c1C. The smallest absolute Gasteiger partial charge is 0.341 e. The number of aromatic nitrogens is 2. The van der Waals surface area contributed by atoms with Crippen molar-refractivity contribution < 1.29 is 14.3 Å². The lowest BCUT2D eigenvalue weighted by atomic mass is 10.1. The molecule has 2 N–H and O–H groups in total. The van der Waals surface area contributed by atoms with Gasteiger partial charge in [-0.2, -0.15) is 5.10 Å². The second kappa shape index (κ2) is 12.7. The van der Waals surface area contributed by atoms with Gasteiger partial charge in [0.05, 0.1) is 28.9 Å². The molecule has 0 saturated heterocycles. The van der Waals surface area contributed by atoms with Gasteiger partial charge < -0.3 is 20.3 Å². The van der Waals surface area contributed by atoms with Crippen molar-refractivity contribution >= 4 is 45.5 Å². The summed E-state index contributed by atoms with van der Waals surface area (Å²) in [6.45, 7) is 7.14. The first kappa shape index (κ1) is 28.0. The first-order chi connectivity index (χ1) is 18.9. The van der Waals surface area contributed by atoms with Crippen molar-refractivity contribution in [2.24, 2.45) is 0 Å². The van der Waals surface area contributed by atoms with Crippen molar-refractivity contribution in [2.45, 2.75) is 27.3 Å². The third-order valence-corrected chi connectivity index (χ3v) is 7.75. The predicted octanol–water partition coefficient (Wildman–Crippen LogP) is 5.66. The second-order valence-electron chi connectivity index (χ2n) is 8.69. The van der Waals surface area contributed by atoms with E-state index >= 15 is 0 Å². The molecule has 202 valence electrons. The van der Waals surface area contributed by atoms with Crippen LogP contribution in [-0.2, 0) is 11.3 Å². The molecule has 2 heterocycles. The number of thiocarbonyl (C=S) groups is 1. The van der Waals surface area contributed by atoms with E-state index in [0.29, 0.717) is 45.8 Å². The lowest BCUT2D eigenvalue weighted by Gasteiger charge is -2.17. The van der Waals surface area contributed by atoms with E-state index in [4.69, 9.17) is 22.1 Å². The fourth-order valence-corrected chi connectivity index (χ4v) is 5.63. The number of para-hydroxylation sites is 1. The number of ether oxygens (including phenoxy) is 1. The van der Waals surface area contributed by atoms with E-state index in [1.807, 2.05) is 85.4 Å². The van der Waals surface area contributed by atoms with Gasteiger partial charge in [0.25, 0.3) is 5.91 Å². The van der Waals surface area contributed by atoms with Crippen molar-refractivity contribution in [2.75, 3.05) is 25.5 Å². The first-order valence-corrected chi connectivity index (χ1v) is 13.9. The molecule has 0 saturated carbocycles. The summed E-state index contributed by atoms with van der Waals surface area (Å²) in [5.41, 5.74) is 4.60. The van der Waals surface area contributed by atoms with Crippen molar-refractivity contribution in [3.8, 4) is 16.9 Å². The number of benzene rings is 2. The van der Waals surface area contributed by atoms with Gasteiger partial charge >= 0.3 is 5.97 Å². The van der Waals surface area contributed by atoms with E-state index in [1.54, 1.807) is 11.8 Å². The Balaban J connectivity index is 1.58. The average Bonchev–Trinajstić information content (AvgIpc) is 3.54. The summed E-state index contributed by atoms with van der Waals surface area (Å²) >= 11 is 6.80. The molecule has 0 aliphatic heterocycles. The van der Waals surface area contributed by atoms with Crippen LogP contribution in [0.25, 0.3) is 16.9 Å². The highest BCUT2D eigenvalue weighted by Gasteiger charge is 2.27. The minimum atomic E-state index is -0.525. The Morgan fingerprint density at radius 2 is 1.69 bits per heavy atom. The number of rotatable bonds is 9. The standard InChI is InChI=1S/C29H31N5O3S2/c1-5-33(6-2)27(35)25-19(3)23(28(36)37-4)26(39-25)31-29(38)30-17-21-18-34(22-15-11-8-12-16-22)32-24(21)20-13-9-7-10-14-20/h7-16,18H,5-6,17H2,1-4H3,(H2,30,31,38). The topological polar surface area (TPSA) is 88.5 Å². The van der Waals surface area contributed by atoms with Crippen LogP contribution in [-0.4, -0.2) is 51.9 Å². The van der Waals surface area contributed by atoms with Crippen LogP contribution in [0.5, 0.6) is 0 Å². The van der Waals surface area contributed by atoms with Gasteiger partial charge in [-0.15, -0.1) is 11.3 Å². The van der Waals surface area contributed by atoms with Gasteiger partial charge in [0.15, 0.2) is 5.11 Å². The number of hydrogen-bond acceptors (Lipinski definition) is 6. The third kappa shape index (κ3) is 6.18. The number of thiophene rings is 1. The van der Waals surface area contributed by atoms with E-state index in [-0.39, 0.29) is 5.91 Å². The number of carbonyl (C=O) groups excluding carboxylic acids is 2. The summed E-state index contributed by atoms with van der Waals surface area (Å²) in [7, 11) is 1.32. The molecule has 0 radical (unpaired) electrons. The Kier molecular flexibility index (Phi) is 9.11. The number of anilines is 1. The second-order valence-corrected chi connectivity index (χ2v) is 10.1. The van der Waals surface area contributed by atoms with Crippen molar-refractivity contribution in [1.29, 1.82) is 0 Å². The molecule has 0 fully saturated rings. The van der Waals surface area contributed by atoms with E-state index in [2.05, 4.69) is 10.6 Å². The zero-order chi connectivity index (χ0) is 27.9. The van der Waals surface area contributed by atoms with Gasteiger partial charge in [-0.3, -0.25) is 4.79 Å². The predicted molar refractivity (Wildman–Crippen MR) is 160 cm³/mol. The number of amides is 1. The first-order valence-electron chi connectivity index (χ1n) is 12.6. The highest BCUT2D eigenvalue weighted by Crippen LogP contribution is 2.34. The molecule has 1 amide bonds. The van der Waals surface area contributed by atoms with Gasteiger partial charge in [-0.25, -0.2) is 9.48 Å². The fraction of sp³-hybridized carbons (Fsp3) is 0.241. The molecular formula is C29H31N5O3S2. The Morgan fingerprint density at radius 3 is 2.31 bits per heavy atom. The van der Waals surface area contributed by atoms with Gasteiger partial charge in [0, 0.05) is 37.0 Å². The molecule has 0 spiro atoms. The molecular weight excluding hydrogens is 530 g/mol. The zero-order valence-electron chi connectivity index (χ0n) is 22.4. The number of nitrogens with zero attached hydrogens (tertiary/aromatic N) is 3. The molecule has 0 unspecified atom stereocenters. The summed E-state index contributed by atoms with van der Waals surface area (Å²) in [5.74, 6) is -0.649.